The van der Waals surface area contributed by atoms with Gasteiger partial charge in [0.2, 0.25) is 0 Å². The van der Waals surface area contributed by atoms with Crippen LogP contribution in [-0.2, 0) is 0 Å². The Balaban J connectivity index is 2.92. The molecule has 0 spiro atoms. The molecule has 0 radical (unpaired) electrons. The summed E-state index contributed by atoms with van der Waals surface area (Å²) in [6, 6.07) is 3.55. The third-order valence-corrected chi connectivity index (χ3v) is 2.93. The van der Waals surface area contributed by atoms with Crippen molar-refractivity contribution in [3.05, 3.63) is 22.2 Å². The van der Waals surface area contributed by atoms with E-state index in [1.807, 2.05) is 25.1 Å². The predicted molar refractivity (Wildman–Crippen MR) is 70.2 cm³/mol. The van der Waals surface area contributed by atoms with E-state index in [4.69, 9.17) is 27.9 Å². The first-order valence-corrected chi connectivity index (χ1v) is 5.74. The van der Waals surface area contributed by atoms with Gasteiger partial charge in [-0.3, -0.25) is 0 Å². The maximum Gasteiger partial charge on any atom is 0.139 e. The molecule has 0 saturated heterocycles. The lowest BCUT2D eigenvalue weighted by Crippen LogP contribution is -2.27. The van der Waals surface area contributed by atoms with Gasteiger partial charge in [-0.25, -0.2) is 0 Å². The second-order valence-electron chi connectivity index (χ2n) is 3.46. The van der Waals surface area contributed by atoms with Crippen LogP contribution >= 0.6 is 23.2 Å². The van der Waals surface area contributed by atoms with E-state index >= 15 is 0 Å². The summed E-state index contributed by atoms with van der Waals surface area (Å²) in [5, 5.41) is 4.29. The first-order valence-electron chi connectivity index (χ1n) is 4.99. The van der Waals surface area contributed by atoms with Crippen LogP contribution in [0.5, 0.6) is 5.75 Å². The smallest absolute Gasteiger partial charge is 0.139 e. The van der Waals surface area contributed by atoms with E-state index in [0.29, 0.717) is 15.8 Å². The fourth-order valence-corrected chi connectivity index (χ4v) is 1.90. The number of anilines is 1. The van der Waals surface area contributed by atoms with E-state index < -0.39 is 0 Å². The molecular weight excluding hydrogens is 247 g/mol. The van der Waals surface area contributed by atoms with Crippen molar-refractivity contribution in [3.63, 3.8) is 0 Å². The number of rotatable bonds is 5. The van der Waals surface area contributed by atoms with Crippen molar-refractivity contribution in [2.45, 2.75) is 0 Å². The van der Waals surface area contributed by atoms with Crippen molar-refractivity contribution < 1.29 is 4.74 Å². The molecule has 5 heteroatoms. The number of nitrogens with zero attached hydrogens (tertiary/aromatic N) is 1. The van der Waals surface area contributed by atoms with Crippen molar-refractivity contribution in [2.75, 3.05) is 39.2 Å². The van der Waals surface area contributed by atoms with Crippen molar-refractivity contribution in [2.24, 2.45) is 0 Å². The van der Waals surface area contributed by atoms with E-state index in [0.717, 1.165) is 18.8 Å². The molecule has 0 saturated carbocycles. The summed E-state index contributed by atoms with van der Waals surface area (Å²) in [4.78, 5) is 2.05. The molecule has 1 aromatic rings. The first-order chi connectivity index (χ1) is 7.60. The number of methoxy groups -OCH3 is 1. The van der Waals surface area contributed by atoms with Gasteiger partial charge in [0.1, 0.15) is 5.75 Å². The molecule has 0 aromatic heterocycles. The number of hydrogen-bond acceptors (Lipinski definition) is 3. The van der Waals surface area contributed by atoms with Crippen LogP contribution in [0.2, 0.25) is 10.0 Å². The minimum absolute atomic E-state index is 0.568. The molecule has 0 atom stereocenters. The van der Waals surface area contributed by atoms with Crippen LogP contribution in [0, 0.1) is 0 Å². The zero-order valence-electron chi connectivity index (χ0n) is 9.68. The summed E-state index contributed by atoms with van der Waals surface area (Å²) in [5.41, 5.74) is 0.905. The zero-order valence-corrected chi connectivity index (χ0v) is 11.2. The Morgan fingerprint density at radius 1 is 1.31 bits per heavy atom. The predicted octanol–water partition coefficient (Wildman–Crippen LogP) is 2.66. The van der Waals surface area contributed by atoms with Gasteiger partial charge in [0.25, 0.3) is 0 Å². The third-order valence-electron chi connectivity index (χ3n) is 2.33. The van der Waals surface area contributed by atoms with Crippen LogP contribution < -0.4 is 15.0 Å². The summed E-state index contributed by atoms with van der Waals surface area (Å²) >= 11 is 12.2. The van der Waals surface area contributed by atoms with Crippen LogP contribution in [-0.4, -0.2) is 34.3 Å². The van der Waals surface area contributed by atoms with Crippen molar-refractivity contribution in [3.8, 4) is 5.75 Å². The first kappa shape index (κ1) is 13.4. The minimum atomic E-state index is 0.568. The molecule has 3 nitrogen and oxygen atoms in total. The van der Waals surface area contributed by atoms with E-state index in [1.165, 1.54) is 0 Å². The van der Waals surface area contributed by atoms with Gasteiger partial charge in [0.05, 0.1) is 22.8 Å². The number of likely N-dealkylation sites (N-methyl/N-ethyl adjacent to an activating group) is 2. The van der Waals surface area contributed by atoms with Gasteiger partial charge in [0.15, 0.2) is 0 Å². The highest BCUT2D eigenvalue weighted by Gasteiger charge is 2.10. The Morgan fingerprint density at radius 3 is 2.56 bits per heavy atom. The normalized spacial score (nSPS) is 10.3. The molecule has 90 valence electrons. The van der Waals surface area contributed by atoms with E-state index in [-0.39, 0.29) is 0 Å². The molecule has 0 unspecified atom stereocenters. The molecule has 0 aliphatic heterocycles. The second kappa shape index (κ2) is 6.18. The van der Waals surface area contributed by atoms with Crippen molar-refractivity contribution in [1.29, 1.82) is 0 Å². The molecule has 1 rings (SSSR count). The fourth-order valence-electron chi connectivity index (χ4n) is 1.37. The van der Waals surface area contributed by atoms with Crippen molar-refractivity contribution >= 4 is 28.9 Å². The monoisotopic (exact) mass is 262 g/mol. The average Bonchev–Trinajstić information content (AvgIpc) is 2.28. The van der Waals surface area contributed by atoms with Crippen molar-refractivity contribution in [1.82, 2.24) is 5.32 Å². The molecule has 0 fully saturated rings. The molecule has 0 heterocycles. The van der Waals surface area contributed by atoms with Crippen LogP contribution in [0.3, 0.4) is 0 Å². The van der Waals surface area contributed by atoms with Crippen LogP contribution in [0.4, 0.5) is 5.69 Å². The van der Waals surface area contributed by atoms with E-state index in [1.54, 1.807) is 13.2 Å². The number of ether oxygens (including phenoxy) is 1. The van der Waals surface area contributed by atoms with Gasteiger partial charge in [-0.2, -0.15) is 0 Å². The number of halogens is 2. The molecule has 1 aromatic carbocycles. The van der Waals surface area contributed by atoms with Crippen LogP contribution in [0.25, 0.3) is 0 Å². The number of hydrogen-bond donors (Lipinski definition) is 1. The van der Waals surface area contributed by atoms with E-state index in [9.17, 15) is 0 Å². The Hall–Kier alpha value is -0.640. The molecule has 0 aliphatic carbocycles. The Labute approximate surface area is 106 Å². The minimum Gasteiger partial charge on any atom is -0.495 e. The lowest BCUT2D eigenvalue weighted by molar-refractivity contribution is 0.415. The third kappa shape index (κ3) is 3.17. The maximum absolute atomic E-state index is 6.15. The van der Waals surface area contributed by atoms with Gasteiger partial charge in [-0.15, -0.1) is 0 Å². The molecule has 0 bridgehead atoms. The molecule has 16 heavy (non-hydrogen) atoms. The fraction of sp³-hybridized carbons (Fsp3) is 0.455. The van der Waals surface area contributed by atoms with Gasteiger partial charge in [0, 0.05) is 26.2 Å². The Morgan fingerprint density at radius 2 is 2.00 bits per heavy atom. The SMILES string of the molecule is CNCCN(C)c1cc(Cl)c(OC)cc1Cl. The summed E-state index contributed by atoms with van der Waals surface area (Å²) in [6.07, 6.45) is 0. The van der Waals surface area contributed by atoms with Gasteiger partial charge in [-0.05, 0) is 13.1 Å². The lowest BCUT2D eigenvalue weighted by atomic mass is 10.2. The summed E-state index contributed by atoms with van der Waals surface area (Å²) < 4.78 is 5.09. The molecular formula is C11H16Cl2N2O. The van der Waals surface area contributed by atoms with Gasteiger partial charge < -0.3 is 15.0 Å². The van der Waals surface area contributed by atoms with E-state index in [2.05, 4.69) is 5.32 Å². The molecule has 0 amide bonds. The average molecular weight is 263 g/mol. The number of benzene rings is 1. The Kier molecular flexibility index (Phi) is 5.19. The number of nitrogens with one attached hydrogen (secondary N) is 1. The topological polar surface area (TPSA) is 24.5 Å². The van der Waals surface area contributed by atoms with Crippen LogP contribution in [0.1, 0.15) is 0 Å². The maximum atomic E-state index is 6.15. The molecule has 1 N–H and O–H groups in total. The summed E-state index contributed by atoms with van der Waals surface area (Å²) in [6.45, 7) is 1.75. The highest BCUT2D eigenvalue weighted by Crippen LogP contribution is 2.35. The molecule has 0 aliphatic rings. The highest BCUT2D eigenvalue weighted by atomic mass is 35.5. The van der Waals surface area contributed by atoms with Gasteiger partial charge in [-0.1, -0.05) is 23.2 Å². The zero-order chi connectivity index (χ0) is 12.1. The highest BCUT2D eigenvalue weighted by molar-refractivity contribution is 6.36. The summed E-state index contributed by atoms with van der Waals surface area (Å²) in [7, 11) is 5.46. The largest absolute Gasteiger partial charge is 0.495 e. The summed E-state index contributed by atoms with van der Waals surface area (Å²) in [5.74, 6) is 0.595. The van der Waals surface area contributed by atoms with Gasteiger partial charge >= 0.3 is 0 Å². The quantitative estimate of drug-likeness (QED) is 0.883. The second-order valence-corrected chi connectivity index (χ2v) is 4.28. The lowest BCUT2D eigenvalue weighted by Gasteiger charge is -2.21. The standard InChI is InChI=1S/C11H16Cl2N2O/c1-14-4-5-15(2)10-6-9(13)11(16-3)7-8(10)12/h6-7,14H,4-5H2,1-3H3. The Bertz CT molecular complexity index is 358. The van der Waals surface area contributed by atoms with Crippen LogP contribution in [0.15, 0.2) is 12.1 Å².